The molecule has 0 radical (unpaired) electrons. The number of hydrazone groups is 1. The Hall–Kier alpha value is -3.67. The largest absolute Gasteiger partial charge is 0.458 e. The number of hydrogen-bond acceptors (Lipinski definition) is 4. The molecule has 1 heterocycles. The summed E-state index contributed by atoms with van der Waals surface area (Å²) in [7, 11) is 0. The summed E-state index contributed by atoms with van der Waals surface area (Å²) in [6, 6.07) is 17.5. The number of ether oxygens (including phenoxy) is 1. The van der Waals surface area contributed by atoms with Crippen molar-refractivity contribution in [1.82, 2.24) is 10.4 Å². The molecule has 3 fully saturated rings. The Morgan fingerprint density at radius 1 is 0.952 bits per heavy atom. The minimum absolute atomic E-state index is 0.00105. The minimum Gasteiger partial charge on any atom is -0.458 e. The number of nitrogens with zero attached hydrogens (tertiary/aromatic N) is 1. The van der Waals surface area contributed by atoms with Gasteiger partial charge < -0.3 is 9.72 Å². The van der Waals surface area contributed by atoms with E-state index < -0.39 is 0 Å². The van der Waals surface area contributed by atoms with E-state index >= 15 is 0 Å². The van der Waals surface area contributed by atoms with Crippen LogP contribution < -0.4 is 5.43 Å². The Morgan fingerprint density at radius 3 is 2.62 bits per heavy atom. The maximum Gasteiger partial charge on any atom is 0.338 e. The number of amides is 1. The van der Waals surface area contributed by atoms with Crippen LogP contribution >= 0.6 is 0 Å². The number of carbonyl (C=O) groups is 2. The maximum atomic E-state index is 12.9. The fourth-order valence-electron chi connectivity index (χ4n) is 9.20. The lowest BCUT2D eigenvalue weighted by Crippen LogP contribution is -2.51. The maximum absolute atomic E-state index is 12.9. The molecule has 6 heteroatoms. The monoisotopic (exact) mass is 563 g/mol. The van der Waals surface area contributed by atoms with Gasteiger partial charge in [-0.15, -0.1) is 0 Å². The highest BCUT2D eigenvalue weighted by molar-refractivity contribution is 5.98. The molecular formula is C36H41N3O3. The predicted molar refractivity (Wildman–Crippen MR) is 165 cm³/mol. The van der Waals surface area contributed by atoms with E-state index in [1.54, 1.807) is 0 Å². The number of allylic oxidation sites excluding steroid dienone is 2. The summed E-state index contributed by atoms with van der Waals surface area (Å²) in [5.74, 6) is 1.65. The predicted octanol–water partition coefficient (Wildman–Crippen LogP) is 7.37. The Labute approximate surface area is 248 Å². The van der Waals surface area contributed by atoms with Gasteiger partial charge in [-0.1, -0.05) is 55.8 Å². The number of rotatable bonds is 5. The molecular weight excluding hydrogens is 522 g/mol. The van der Waals surface area contributed by atoms with Crippen LogP contribution in [0.1, 0.15) is 81.1 Å². The summed E-state index contributed by atoms with van der Waals surface area (Å²) < 4.78 is 6.19. The summed E-state index contributed by atoms with van der Waals surface area (Å²) in [5.41, 5.74) is 8.24. The number of aromatic nitrogens is 1. The van der Waals surface area contributed by atoms with Crippen LogP contribution in [0.25, 0.3) is 10.9 Å². The first-order chi connectivity index (χ1) is 20.3. The Kier molecular flexibility index (Phi) is 6.83. The zero-order chi connectivity index (χ0) is 28.9. The standard InChI is InChI=1S/C36H41N3O3/c1-35-18-16-26(38-39-33(40)20-24-22-37-31-11-7-6-10-27(24)31)21-25(35)12-13-28-29-14-15-32(36(29,2)19-17-30(28)35)42-34(41)23-8-4-3-5-9-23/h3-11,21-22,28-30,32,37H,12-20H2,1-2H3,(H,39,40)/t28-,29-,30-,32-,35-,36-/m0/s1. The number of aromatic amines is 1. The van der Waals surface area contributed by atoms with Gasteiger partial charge in [-0.2, -0.15) is 5.10 Å². The summed E-state index contributed by atoms with van der Waals surface area (Å²) in [6.45, 7) is 4.87. The van der Waals surface area contributed by atoms with E-state index in [2.05, 4.69) is 35.4 Å². The number of fused-ring (bicyclic) bond motifs is 6. The molecule has 42 heavy (non-hydrogen) atoms. The second-order valence-electron chi connectivity index (χ2n) is 13.6. The van der Waals surface area contributed by atoms with Gasteiger partial charge >= 0.3 is 5.97 Å². The number of para-hydroxylation sites is 1. The summed E-state index contributed by atoms with van der Waals surface area (Å²) >= 11 is 0. The van der Waals surface area contributed by atoms with Gasteiger partial charge in [0, 0.05) is 22.5 Å². The first-order valence-electron chi connectivity index (χ1n) is 15.7. The van der Waals surface area contributed by atoms with E-state index in [4.69, 9.17) is 4.74 Å². The molecule has 6 nitrogen and oxygen atoms in total. The van der Waals surface area contributed by atoms with Crippen molar-refractivity contribution in [3.63, 3.8) is 0 Å². The highest BCUT2D eigenvalue weighted by atomic mass is 16.5. The molecule has 3 aromatic rings. The third-order valence-corrected chi connectivity index (χ3v) is 11.5. The highest BCUT2D eigenvalue weighted by Crippen LogP contribution is 2.65. The van der Waals surface area contributed by atoms with E-state index in [-0.39, 0.29) is 28.8 Å². The van der Waals surface area contributed by atoms with E-state index in [9.17, 15) is 9.59 Å². The van der Waals surface area contributed by atoms with Gasteiger partial charge in [0.1, 0.15) is 6.10 Å². The van der Waals surface area contributed by atoms with E-state index in [0.717, 1.165) is 60.7 Å². The molecule has 2 N–H and O–H groups in total. The molecule has 0 unspecified atom stereocenters. The quantitative estimate of drug-likeness (QED) is 0.251. The molecule has 4 aliphatic rings. The van der Waals surface area contributed by atoms with E-state index in [1.807, 2.05) is 60.8 Å². The van der Waals surface area contributed by atoms with Crippen molar-refractivity contribution in [3.8, 4) is 0 Å². The first-order valence-corrected chi connectivity index (χ1v) is 15.7. The zero-order valence-corrected chi connectivity index (χ0v) is 24.7. The molecule has 0 spiro atoms. The molecule has 1 aromatic heterocycles. The molecule has 1 amide bonds. The van der Waals surface area contributed by atoms with Gasteiger partial charge in [0.05, 0.1) is 17.7 Å². The van der Waals surface area contributed by atoms with Gasteiger partial charge in [0.2, 0.25) is 5.91 Å². The lowest BCUT2D eigenvalue weighted by molar-refractivity contribution is -0.120. The van der Waals surface area contributed by atoms with Crippen LogP contribution in [0.3, 0.4) is 0 Å². The van der Waals surface area contributed by atoms with Crippen molar-refractivity contribution in [3.05, 3.63) is 83.6 Å². The fourth-order valence-corrected chi connectivity index (χ4v) is 9.20. The summed E-state index contributed by atoms with van der Waals surface area (Å²) in [5, 5.41) is 5.66. The van der Waals surface area contributed by atoms with Gasteiger partial charge in [-0.05, 0) is 104 Å². The fraction of sp³-hybridized carbons (Fsp3) is 0.472. The molecule has 6 atom stereocenters. The SMILES string of the molecule is C[C@]12CC[C@H]3[C@@H](CCC4=CC(=NNC(=O)Cc5c[nH]c6ccccc56)CC[C@@]43C)[C@@H]1CC[C@@H]2OC(=O)c1ccccc1. The molecule has 7 rings (SSSR count). The number of H-pyrrole nitrogens is 1. The summed E-state index contributed by atoms with van der Waals surface area (Å²) in [4.78, 5) is 28.9. The third kappa shape index (κ3) is 4.60. The Balaban J connectivity index is 1.02. The van der Waals surface area contributed by atoms with Crippen molar-refractivity contribution in [2.45, 2.75) is 77.7 Å². The van der Waals surface area contributed by atoms with Gasteiger partial charge in [0.25, 0.3) is 0 Å². The smallest absolute Gasteiger partial charge is 0.338 e. The van der Waals surface area contributed by atoms with Crippen LogP contribution in [0.15, 0.2) is 77.5 Å². The highest BCUT2D eigenvalue weighted by Gasteiger charge is 2.59. The number of hydrogen-bond donors (Lipinski definition) is 2. The molecule has 0 bridgehead atoms. The molecule has 0 aliphatic heterocycles. The minimum atomic E-state index is -0.182. The number of carbonyl (C=O) groups excluding carboxylic acids is 2. The van der Waals surface area contributed by atoms with Crippen molar-refractivity contribution < 1.29 is 14.3 Å². The van der Waals surface area contributed by atoms with Gasteiger partial charge in [0.15, 0.2) is 0 Å². The first kappa shape index (κ1) is 27.2. The number of nitrogens with one attached hydrogen (secondary N) is 2. The second kappa shape index (κ2) is 10.6. The van der Waals surface area contributed by atoms with Crippen LogP contribution in [0.5, 0.6) is 0 Å². The molecule has 4 aliphatic carbocycles. The van der Waals surface area contributed by atoms with Crippen LogP contribution in [-0.2, 0) is 16.0 Å². The topological polar surface area (TPSA) is 83.6 Å². The number of esters is 1. The van der Waals surface area contributed by atoms with E-state index in [1.165, 1.54) is 18.4 Å². The average molecular weight is 564 g/mol. The van der Waals surface area contributed by atoms with E-state index in [0.29, 0.717) is 29.7 Å². The zero-order valence-electron chi connectivity index (χ0n) is 24.7. The normalized spacial score (nSPS) is 32.9. The van der Waals surface area contributed by atoms with Crippen molar-refractivity contribution >= 4 is 28.5 Å². The molecule has 0 saturated heterocycles. The van der Waals surface area contributed by atoms with Crippen molar-refractivity contribution in [2.24, 2.45) is 33.7 Å². The number of benzene rings is 2. The third-order valence-electron chi connectivity index (χ3n) is 11.5. The van der Waals surface area contributed by atoms with Gasteiger partial charge in [-0.3, -0.25) is 4.79 Å². The van der Waals surface area contributed by atoms with Crippen molar-refractivity contribution in [1.29, 1.82) is 0 Å². The second-order valence-corrected chi connectivity index (χ2v) is 13.6. The van der Waals surface area contributed by atoms with Crippen LogP contribution in [0, 0.1) is 28.6 Å². The lowest BCUT2D eigenvalue weighted by Gasteiger charge is -2.58. The van der Waals surface area contributed by atoms with Crippen LogP contribution in [0.4, 0.5) is 0 Å². The van der Waals surface area contributed by atoms with Gasteiger partial charge in [-0.25, -0.2) is 10.2 Å². The van der Waals surface area contributed by atoms with Crippen LogP contribution in [0.2, 0.25) is 0 Å². The van der Waals surface area contributed by atoms with Crippen LogP contribution in [-0.4, -0.2) is 28.7 Å². The molecule has 2 aromatic carbocycles. The summed E-state index contributed by atoms with van der Waals surface area (Å²) in [6.07, 6.45) is 13.1. The molecule has 3 saturated carbocycles. The lowest BCUT2D eigenvalue weighted by atomic mass is 9.47. The Bertz CT molecular complexity index is 1570. The molecule has 218 valence electrons. The average Bonchev–Trinajstić information content (AvgIpc) is 3.56. The Morgan fingerprint density at radius 2 is 1.76 bits per heavy atom. The van der Waals surface area contributed by atoms with Crippen molar-refractivity contribution in [2.75, 3.05) is 0 Å².